The molecule has 2 rings (SSSR count). The highest BCUT2D eigenvalue weighted by molar-refractivity contribution is 5.42. The van der Waals surface area contributed by atoms with E-state index in [4.69, 9.17) is 15.1 Å². The number of nitrogens with zero attached hydrogens (tertiary/aromatic N) is 2. The third-order valence-electron chi connectivity index (χ3n) is 4.07. The van der Waals surface area contributed by atoms with Crippen LogP contribution in [-0.2, 0) is 0 Å². The van der Waals surface area contributed by atoms with Crippen molar-refractivity contribution in [2.45, 2.75) is 38.1 Å². The highest BCUT2D eigenvalue weighted by Crippen LogP contribution is 2.20. The Kier molecular flexibility index (Phi) is 6.52. The van der Waals surface area contributed by atoms with Crippen LogP contribution in [0.5, 0.6) is 5.75 Å². The van der Waals surface area contributed by atoms with Crippen LogP contribution >= 0.6 is 0 Å². The lowest BCUT2D eigenvalue weighted by atomic mass is 9.99. The molecule has 1 aliphatic rings. The van der Waals surface area contributed by atoms with Gasteiger partial charge in [-0.2, -0.15) is 5.26 Å². The van der Waals surface area contributed by atoms with Gasteiger partial charge in [0.1, 0.15) is 11.8 Å². The van der Waals surface area contributed by atoms with Gasteiger partial charge in [-0.15, -0.1) is 0 Å². The molecule has 1 fully saturated rings. The third-order valence-corrected chi connectivity index (χ3v) is 4.07. The number of likely N-dealkylation sites (tertiary alicyclic amines) is 1. The standard InChI is InChI=1S/C17H24N2O2/c18-14-15-6-1-2-8-17(15)21-13-5-11-19-10-4-3-7-16(19)9-12-20/h1-2,6,8,16,20H,3-5,7,9-13H2. The summed E-state index contributed by atoms with van der Waals surface area (Å²) in [5.74, 6) is 0.672. The molecule has 1 aromatic rings. The molecule has 1 N–H and O–H groups in total. The van der Waals surface area contributed by atoms with Crippen molar-refractivity contribution in [1.29, 1.82) is 5.26 Å². The van der Waals surface area contributed by atoms with Crippen LogP contribution in [-0.4, -0.2) is 42.4 Å². The van der Waals surface area contributed by atoms with Crippen molar-refractivity contribution in [2.24, 2.45) is 0 Å². The zero-order chi connectivity index (χ0) is 14.9. The minimum absolute atomic E-state index is 0.271. The van der Waals surface area contributed by atoms with Gasteiger partial charge in [-0.3, -0.25) is 0 Å². The number of para-hydroxylation sites is 1. The molecule has 1 heterocycles. The maximum absolute atomic E-state index is 9.13. The fraction of sp³-hybridized carbons (Fsp3) is 0.588. The van der Waals surface area contributed by atoms with Gasteiger partial charge in [-0.05, 0) is 44.4 Å². The Bertz CT molecular complexity index is 468. The quantitative estimate of drug-likeness (QED) is 0.783. The average Bonchev–Trinajstić information content (AvgIpc) is 2.53. The second-order valence-electron chi connectivity index (χ2n) is 5.51. The molecular weight excluding hydrogens is 264 g/mol. The molecule has 1 aromatic carbocycles. The van der Waals surface area contributed by atoms with Crippen LogP contribution in [0.2, 0.25) is 0 Å². The molecule has 0 radical (unpaired) electrons. The van der Waals surface area contributed by atoms with Crippen LogP contribution in [0.1, 0.15) is 37.7 Å². The predicted molar refractivity (Wildman–Crippen MR) is 82.2 cm³/mol. The first-order chi connectivity index (χ1) is 10.3. The van der Waals surface area contributed by atoms with Gasteiger partial charge in [0, 0.05) is 19.2 Å². The van der Waals surface area contributed by atoms with Crippen LogP contribution in [0.25, 0.3) is 0 Å². The third kappa shape index (κ3) is 4.73. The molecule has 1 aliphatic heterocycles. The van der Waals surface area contributed by atoms with E-state index >= 15 is 0 Å². The molecule has 0 aliphatic carbocycles. The van der Waals surface area contributed by atoms with Gasteiger partial charge in [0.15, 0.2) is 0 Å². The summed E-state index contributed by atoms with van der Waals surface area (Å²) in [5.41, 5.74) is 0.591. The van der Waals surface area contributed by atoms with Crippen molar-refractivity contribution in [2.75, 3.05) is 26.3 Å². The summed E-state index contributed by atoms with van der Waals surface area (Å²) in [6, 6.07) is 10.0. The lowest BCUT2D eigenvalue weighted by molar-refractivity contribution is 0.112. The van der Waals surface area contributed by atoms with Crippen LogP contribution < -0.4 is 4.74 Å². The number of aliphatic hydroxyl groups is 1. The van der Waals surface area contributed by atoms with E-state index in [1.807, 2.05) is 18.2 Å². The van der Waals surface area contributed by atoms with Gasteiger partial charge in [0.05, 0.1) is 12.2 Å². The molecule has 1 unspecified atom stereocenters. The zero-order valence-electron chi connectivity index (χ0n) is 12.5. The molecule has 21 heavy (non-hydrogen) atoms. The lowest BCUT2D eigenvalue weighted by Gasteiger charge is -2.35. The maximum Gasteiger partial charge on any atom is 0.137 e. The summed E-state index contributed by atoms with van der Waals surface area (Å²) >= 11 is 0. The van der Waals surface area contributed by atoms with Gasteiger partial charge < -0.3 is 14.7 Å². The van der Waals surface area contributed by atoms with E-state index in [2.05, 4.69) is 11.0 Å². The fourth-order valence-corrected chi connectivity index (χ4v) is 2.96. The number of nitriles is 1. The number of ether oxygens (including phenoxy) is 1. The largest absolute Gasteiger partial charge is 0.492 e. The highest BCUT2D eigenvalue weighted by atomic mass is 16.5. The first-order valence-corrected chi connectivity index (χ1v) is 7.82. The van der Waals surface area contributed by atoms with Gasteiger partial charge in [0.25, 0.3) is 0 Å². The van der Waals surface area contributed by atoms with Crippen molar-refractivity contribution in [3.8, 4) is 11.8 Å². The van der Waals surface area contributed by atoms with Crippen molar-refractivity contribution < 1.29 is 9.84 Å². The smallest absolute Gasteiger partial charge is 0.137 e. The van der Waals surface area contributed by atoms with E-state index in [0.29, 0.717) is 24.0 Å². The Morgan fingerprint density at radius 2 is 2.19 bits per heavy atom. The minimum Gasteiger partial charge on any atom is -0.492 e. The number of hydrogen-bond donors (Lipinski definition) is 1. The highest BCUT2D eigenvalue weighted by Gasteiger charge is 2.21. The summed E-state index contributed by atoms with van der Waals surface area (Å²) in [6.45, 7) is 3.02. The topological polar surface area (TPSA) is 56.5 Å². The molecular formula is C17H24N2O2. The molecule has 114 valence electrons. The maximum atomic E-state index is 9.13. The van der Waals surface area contributed by atoms with Gasteiger partial charge in [-0.1, -0.05) is 18.6 Å². The Morgan fingerprint density at radius 3 is 3.00 bits per heavy atom. The molecule has 4 heteroatoms. The second kappa shape index (κ2) is 8.66. The molecule has 0 saturated carbocycles. The average molecular weight is 288 g/mol. The Balaban J connectivity index is 1.75. The van der Waals surface area contributed by atoms with E-state index in [1.165, 1.54) is 19.3 Å². The Morgan fingerprint density at radius 1 is 1.33 bits per heavy atom. The molecule has 0 amide bonds. The van der Waals surface area contributed by atoms with Crippen molar-refractivity contribution >= 4 is 0 Å². The van der Waals surface area contributed by atoms with E-state index in [0.717, 1.165) is 25.9 Å². The SMILES string of the molecule is N#Cc1ccccc1OCCCN1CCCCC1CCO. The van der Waals surface area contributed by atoms with Crippen LogP contribution in [0.15, 0.2) is 24.3 Å². The molecule has 4 nitrogen and oxygen atoms in total. The summed E-state index contributed by atoms with van der Waals surface area (Å²) in [5, 5.41) is 18.1. The summed E-state index contributed by atoms with van der Waals surface area (Å²) in [4.78, 5) is 2.47. The van der Waals surface area contributed by atoms with Gasteiger partial charge in [0.2, 0.25) is 0 Å². The first kappa shape index (κ1) is 15.8. The van der Waals surface area contributed by atoms with Crippen molar-refractivity contribution in [1.82, 2.24) is 4.90 Å². The monoisotopic (exact) mass is 288 g/mol. The summed E-state index contributed by atoms with van der Waals surface area (Å²) in [6.07, 6.45) is 5.53. The van der Waals surface area contributed by atoms with Gasteiger partial charge >= 0.3 is 0 Å². The molecule has 0 spiro atoms. The molecule has 0 aromatic heterocycles. The predicted octanol–water partition coefficient (Wildman–Crippen LogP) is 2.56. The lowest BCUT2D eigenvalue weighted by Crippen LogP contribution is -2.40. The minimum atomic E-state index is 0.271. The number of piperidine rings is 1. The van der Waals surface area contributed by atoms with Crippen LogP contribution in [0.4, 0.5) is 0 Å². The van der Waals surface area contributed by atoms with Crippen LogP contribution in [0.3, 0.4) is 0 Å². The Hall–Kier alpha value is -1.57. The van der Waals surface area contributed by atoms with Crippen LogP contribution in [0, 0.1) is 11.3 Å². The molecule has 1 atom stereocenters. The zero-order valence-corrected chi connectivity index (χ0v) is 12.5. The first-order valence-electron chi connectivity index (χ1n) is 7.82. The Labute approximate surface area is 127 Å². The summed E-state index contributed by atoms with van der Waals surface area (Å²) in [7, 11) is 0. The van der Waals surface area contributed by atoms with E-state index in [1.54, 1.807) is 6.07 Å². The second-order valence-corrected chi connectivity index (χ2v) is 5.51. The van der Waals surface area contributed by atoms with Crippen molar-refractivity contribution in [3.63, 3.8) is 0 Å². The number of aliphatic hydroxyl groups excluding tert-OH is 1. The van der Waals surface area contributed by atoms with E-state index in [9.17, 15) is 0 Å². The number of rotatable bonds is 7. The molecule has 0 bridgehead atoms. The number of benzene rings is 1. The summed E-state index contributed by atoms with van der Waals surface area (Å²) < 4.78 is 5.72. The fourth-order valence-electron chi connectivity index (χ4n) is 2.96. The normalized spacial score (nSPS) is 19.1. The number of hydrogen-bond acceptors (Lipinski definition) is 4. The molecule has 1 saturated heterocycles. The van der Waals surface area contributed by atoms with E-state index < -0.39 is 0 Å². The van der Waals surface area contributed by atoms with Crippen molar-refractivity contribution in [3.05, 3.63) is 29.8 Å². The van der Waals surface area contributed by atoms with E-state index in [-0.39, 0.29) is 6.61 Å². The van der Waals surface area contributed by atoms with Gasteiger partial charge in [-0.25, -0.2) is 0 Å².